The van der Waals surface area contributed by atoms with Gasteiger partial charge in [-0.3, -0.25) is 0 Å². The van der Waals surface area contributed by atoms with E-state index in [-0.39, 0.29) is 11.1 Å². The second-order valence-corrected chi connectivity index (χ2v) is 9.41. The maximum absolute atomic E-state index is 12.1. The molecule has 0 bridgehead atoms. The van der Waals surface area contributed by atoms with E-state index in [2.05, 4.69) is 27.7 Å². The minimum Gasteiger partial charge on any atom is -0.545 e. The van der Waals surface area contributed by atoms with Crippen LogP contribution in [0.5, 0.6) is 0 Å². The van der Waals surface area contributed by atoms with Gasteiger partial charge in [-0.05, 0) is 35.8 Å². The molecule has 0 N–H and O–H groups in total. The summed E-state index contributed by atoms with van der Waals surface area (Å²) in [6.45, 7) is 8.71. The first kappa shape index (κ1) is 28.2. The first-order valence-electron chi connectivity index (χ1n) is 13.0. The summed E-state index contributed by atoms with van der Waals surface area (Å²) in [5, 5.41) is 23.8. The first-order chi connectivity index (χ1) is 15.4. The molecule has 0 saturated heterocycles. The number of carboxylic acid groups (broad SMARTS) is 2. The molecule has 0 fully saturated rings. The predicted octanol–water partition coefficient (Wildman–Crippen LogP) is 5.49. The zero-order chi connectivity index (χ0) is 23.9. The van der Waals surface area contributed by atoms with Gasteiger partial charge >= 0.3 is 0 Å². The number of hydrogen-bond acceptors (Lipinski definition) is 4. The number of aromatic carboxylic acids is 2. The van der Waals surface area contributed by atoms with Crippen LogP contribution in [0.25, 0.3) is 0 Å². The average molecular weight is 445 g/mol. The summed E-state index contributed by atoms with van der Waals surface area (Å²) in [6.07, 6.45) is 14.8. The number of carboxylic acids is 2. The molecular formula is C28H44O4-2. The molecule has 0 heterocycles. The zero-order valence-corrected chi connectivity index (χ0v) is 20.8. The van der Waals surface area contributed by atoms with E-state index in [1.165, 1.54) is 25.3 Å². The Labute approximate surface area is 195 Å². The second kappa shape index (κ2) is 15.9. The first-order valence-corrected chi connectivity index (χ1v) is 13.0. The van der Waals surface area contributed by atoms with Gasteiger partial charge in [0.2, 0.25) is 0 Å². The Morgan fingerprint density at radius 2 is 1.22 bits per heavy atom. The van der Waals surface area contributed by atoms with Crippen LogP contribution in [0.4, 0.5) is 0 Å². The number of benzene rings is 1. The number of carbonyl (C=O) groups is 2. The zero-order valence-electron chi connectivity index (χ0n) is 20.8. The third-order valence-electron chi connectivity index (χ3n) is 6.66. The van der Waals surface area contributed by atoms with E-state index in [1.807, 2.05) is 6.07 Å². The quantitative estimate of drug-likeness (QED) is 0.280. The molecule has 2 atom stereocenters. The lowest BCUT2D eigenvalue weighted by molar-refractivity contribution is -0.259. The fraction of sp³-hybridized carbons (Fsp3) is 0.714. The molecule has 2 unspecified atom stereocenters. The lowest BCUT2D eigenvalue weighted by Crippen LogP contribution is -2.32. The predicted molar refractivity (Wildman–Crippen MR) is 128 cm³/mol. The van der Waals surface area contributed by atoms with Crippen molar-refractivity contribution in [2.75, 3.05) is 0 Å². The molecule has 0 aromatic heterocycles. The summed E-state index contributed by atoms with van der Waals surface area (Å²) in [7, 11) is 0. The van der Waals surface area contributed by atoms with Crippen LogP contribution in [-0.4, -0.2) is 11.9 Å². The largest absolute Gasteiger partial charge is 0.545 e. The fourth-order valence-electron chi connectivity index (χ4n) is 5.00. The van der Waals surface area contributed by atoms with Crippen LogP contribution >= 0.6 is 0 Å². The Bertz CT molecular complexity index is 695. The lowest BCUT2D eigenvalue weighted by Gasteiger charge is -2.26. The summed E-state index contributed by atoms with van der Waals surface area (Å²) in [5.74, 6) is -2.01. The molecule has 1 aromatic carbocycles. The van der Waals surface area contributed by atoms with Crippen molar-refractivity contribution in [2.45, 2.75) is 118 Å². The van der Waals surface area contributed by atoms with E-state index in [4.69, 9.17) is 0 Å². The molecule has 0 amide bonds. The van der Waals surface area contributed by atoms with Crippen molar-refractivity contribution >= 4 is 11.9 Å². The molecule has 0 aliphatic carbocycles. The molecule has 1 aromatic rings. The van der Waals surface area contributed by atoms with Crippen LogP contribution in [0, 0.1) is 11.8 Å². The second-order valence-electron chi connectivity index (χ2n) is 9.41. The highest BCUT2D eigenvalue weighted by Gasteiger charge is 2.21. The van der Waals surface area contributed by atoms with Gasteiger partial charge in [-0.1, -0.05) is 117 Å². The van der Waals surface area contributed by atoms with Crippen LogP contribution in [0.2, 0.25) is 0 Å². The topological polar surface area (TPSA) is 80.3 Å². The lowest BCUT2D eigenvalue weighted by atomic mass is 9.81. The standard InChI is InChI=1S/C28H46O4/c1-5-9-11-15-21(13-7-3)19-23-17-18-24(27(29)30)26(28(31)32)25(23)20-22(14-8-4)16-12-10-6-2/h17-18,21-22H,5-16,19-20H2,1-4H3,(H,29,30)(H,31,32)/p-2. The highest BCUT2D eigenvalue weighted by Crippen LogP contribution is 2.30. The molecule has 4 heteroatoms. The van der Waals surface area contributed by atoms with Gasteiger partial charge in [0.25, 0.3) is 0 Å². The molecule has 0 spiro atoms. The molecule has 32 heavy (non-hydrogen) atoms. The molecule has 0 aliphatic heterocycles. The maximum atomic E-state index is 12.1. The van der Waals surface area contributed by atoms with Crippen molar-refractivity contribution in [3.63, 3.8) is 0 Å². The Kier molecular flexibility index (Phi) is 14.0. The van der Waals surface area contributed by atoms with E-state index >= 15 is 0 Å². The fourth-order valence-corrected chi connectivity index (χ4v) is 5.00. The number of hydrogen-bond donors (Lipinski definition) is 0. The molecule has 4 nitrogen and oxygen atoms in total. The van der Waals surface area contributed by atoms with E-state index in [9.17, 15) is 19.8 Å². The molecule has 1 rings (SSSR count). The monoisotopic (exact) mass is 444 g/mol. The van der Waals surface area contributed by atoms with Crippen molar-refractivity contribution in [3.05, 3.63) is 34.4 Å². The summed E-state index contributed by atoms with van der Waals surface area (Å²) in [4.78, 5) is 23.8. The number of rotatable bonds is 18. The summed E-state index contributed by atoms with van der Waals surface area (Å²) in [5.41, 5.74) is 1.27. The van der Waals surface area contributed by atoms with E-state index < -0.39 is 11.9 Å². The number of carbonyl (C=O) groups excluding carboxylic acids is 2. The normalized spacial score (nSPS) is 13.1. The highest BCUT2D eigenvalue weighted by atomic mass is 16.4. The average Bonchev–Trinajstić information content (AvgIpc) is 2.74. The molecule has 0 aliphatic rings. The van der Waals surface area contributed by atoms with Crippen LogP contribution in [-0.2, 0) is 12.8 Å². The maximum Gasteiger partial charge on any atom is 0.0724 e. The van der Waals surface area contributed by atoms with Crippen LogP contribution in [0.15, 0.2) is 12.1 Å². The van der Waals surface area contributed by atoms with E-state index in [0.29, 0.717) is 23.8 Å². The third-order valence-corrected chi connectivity index (χ3v) is 6.66. The van der Waals surface area contributed by atoms with Crippen molar-refractivity contribution < 1.29 is 19.8 Å². The van der Waals surface area contributed by atoms with Crippen LogP contribution in [0.1, 0.15) is 137 Å². The van der Waals surface area contributed by atoms with Crippen molar-refractivity contribution in [1.82, 2.24) is 0 Å². The van der Waals surface area contributed by atoms with Gasteiger partial charge in [0.05, 0.1) is 11.9 Å². The molecule has 0 radical (unpaired) electrons. The van der Waals surface area contributed by atoms with Gasteiger partial charge < -0.3 is 19.8 Å². The van der Waals surface area contributed by atoms with Gasteiger partial charge in [-0.2, -0.15) is 0 Å². The van der Waals surface area contributed by atoms with Crippen LogP contribution < -0.4 is 10.2 Å². The van der Waals surface area contributed by atoms with E-state index in [1.54, 1.807) is 0 Å². The van der Waals surface area contributed by atoms with Gasteiger partial charge in [0, 0.05) is 11.1 Å². The van der Waals surface area contributed by atoms with Gasteiger partial charge in [-0.15, -0.1) is 0 Å². The summed E-state index contributed by atoms with van der Waals surface area (Å²) in [6, 6.07) is 3.25. The minimum absolute atomic E-state index is 0.150. The Morgan fingerprint density at radius 3 is 1.66 bits per heavy atom. The SMILES string of the molecule is CCCCCC(CCC)Cc1ccc(C(=O)[O-])c(C(=O)[O-])c1CC(CCC)CCCCC. The number of unbranched alkanes of at least 4 members (excludes halogenated alkanes) is 4. The summed E-state index contributed by atoms with van der Waals surface area (Å²) < 4.78 is 0. The van der Waals surface area contributed by atoms with Gasteiger partial charge in [0.1, 0.15) is 0 Å². The van der Waals surface area contributed by atoms with Gasteiger partial charge in [-0.25, -0.2) is 0 Å². The third kappa shape index (κ3) is 9.34. The smallest absolute Gasteiger partial charge is 0.0724 e. The minimum atomic E-state index is -1.44. The molecular weight excluding hydrogens is 400 g/mol. The van der Waals surface area contributed by atoms with Gasteiger partial charge in [0.15, 0.2) is 0 Å². The Balaban J connectivity index is 3.36. The molecule has 182 valence electrons. The molecule has 0 saturated carbocycles. The summed E-state index contributed by atoms with van der Waals surface area (Å²) >= 11 is 0. The van der Waals surface area contributed by atoms with Crippen LogP contribution in [0.3, 0.4) is 0 Å². The Hall–Kier alpha value is -1.84. The van der Waals surface area contributed by atoms with E-state index in [0.717, 1.165) is 69.8 Å². The van der Waals surface area contributed by atoms with Crippen molar-refractivity contribution in [3.8, 4) is 0 Å². The highest BCUT2D eigenvalue weighted by molar-refractivity contribution is 6.01. The Morgan fingerprint density at radius 1 is 0.688 bits per heavy atom. The van der Waals surface area contributed by atoms with Crippen molar-refractivity contribution in [1.29, 1.82) is 0 Å². The van der Waals surface area contributed by atoms with Crippen molar-refractivity contribution in [2.24, 2.45) is 11.8 Å².